The van der Waals surface area contributed by atoms with Gasteiger partial charge in [0.15, 0.2) is 5.78 Å². The number of carbonyl (C=O) groups excluding carboxylic acids is 1. The Bertz CT molecular complexity index is 549. The molecule has 0 bridgehead atoms. The molecule has 0 radical (unpaired) electrons. The summed E-state index contributed by atoms with van der Waals surface area (Å²) in [6, 6.07) is 6.59. The van der Waals surface area contributed by atoms with Crippen LogP contribution in [0.5, 0.6) is 0 Å². The molecule has 2 aromatic rings. The molecule has 1 N–H and O–H groups in total. The molecule has 6 heteroatoms. The first-order valence-corrected chi connectivity index (χ1v) is 4.88. The summed E-state index contributed by atoms with van der Waals surface area (Å²) in [5, 5.41) is 16.0. The van der Waals surface area contributed by atoms with Gasteiger partial charge in [0.25, 0.3) is 0 Å². The molecule has 0 saturated heterocycles. The van der Waals surface area contributed by atoms with Crippen molar-refractivity contribution in [2.24, 2.45) is 0 Å². The number of ketones is 1. The van der Waals surface area contributed by atoms with Gasteiger partial charge in [-0.25, -0.2) is 4.68 Å². The number of nitrogens with zero attached hydrogens (tertiary/aromatic N) is 3. The van der Waals surface area contributed by atoms with Crippen molar-refractivity contribution in [1.82, 2.24) is 15.0 Å². The average molecular weight is 231 g/mol. The van der Waals surface area contributed by atoms with E-state index in [9.17, 15) is 9.59 Å². The zero-order chi connectivity index (χ0) is 12.3. The lowest BCUT2D eigenvalue weighted by Crippen LogP contribution is -2.07. The number of carboxylic acids is 1. The number of Topliss-reactive ketones (excluding diaryl/α,β-unsaturated/α-hetero) is 1. The Balaban J connectivity index is 2.29. The molecule has 2 rings (SSSR count). The molecule has 0 aliphatic carbocycles. The molecule has 0 amide bonds. The first-order chi connectivity index (χ1) is 8.16. The normalized spacial score (nSPS) is 10.1. The van der Waals surface area contributed by atoms with Gasteiger partial charge in [-0.15, -0.1) is 5.10 Å². The van der Waals surface area contributed by atoms with Gasteiger partial charge in [-0.1, -0.05) is 17.3 Å². The highest BCUT2D eigenvalue weighted by Crippen LogP contribution is 2.11. The fourth-order valence-corrected chi connectivity index (χ4v) is 1.41. The van der Waals surface area contributed by atoms with Crippen LogP contribution in [0.3, 0.4) is 0 Å². The van der Waals surface area contributed by atoms with Gasteiger partial charge in [0.1, 0.15) is 6.42 Å². The van der Waals surface area contributed by atoms with Gasteiger partial charge in [-0.3, -0.25) is 9.59 Å². The number of carbonyl (C=O) groups is 2. The van der Waals surface area contributed by atoms with E-state index in [1.807, 2.05) is 0 Å². The van der Waals surface area contributed by atoms with Crippen molar-refractivity contribution in [1.29, 1.82) is 0 Å². The summed E-state index contributed by atoms with van der Waals surface area (Å²) in [5.74, 6) is -1.57. The van der Waals surface area contributed by atoms with Crippen LogP contribution in [0, 0.1) is 0 Å². The van der Waals surface area contributed by atoms with Crippen LogP contribution in [0.1, 0.15) is 16.8 Å². The summed E-state index contributed by atoms with van der Waals surface area (Å²) in [7, 11) is 0. The van der Waals surface area contributed by atoms with Gasteiger partial charge in [-0.05, 0) is 12.1 Å². The molecule has 0 saturated carbocycles. The smallest absolute Gasteiger partial charge is 0.311 e. The van der Waals surface area contributed by atoms with Crippen LogP contribution >= 0.6 is 0 Å². The van der Waals surface area contributed by atoms with Gasteiger partial charge in [0.2, 0.25) is 0 Å². The van der Waals surface area contributed by atoms with E-state index in [-0.39, 0.29) is 0 Å². The van der Waals surface area contributed by atoms with Crippen molar-refractivity contribution in [2.45, 2.75) is 6.42 Å². The van der Waals surface area contributed by atoms with Crippen LogP contribution in [-0.4, -0.2) is 31.9 Å². The third-order valence-corrected chi connectivity index (χ3v) is 2.17. The zero-order valence-electron chi connectivity index (χ0n) is 8.78. The average Bonchev–Trinajstić information content (AvgIpc) is 2.82. The second kappa shape index (κ2) is 4.56. The summed E-state index contributed by atoms with van der Waals surface area (Å²) < 4.78 is 1.50. The van der Waals surface area contributed by atoms with Gasteiger partial charge in [0.05, 0.1) is 18.1 Å². The van der Waals surface area contributed by atoms with E-state index in [2.05, 4.69) is 10.3 Å². The Morgan fingerprint density at radius 2 is 2.18 bits per heavy atom. The lowest BCUT2D eigenvalue weighted by Gasteiger charge is -2.02. The van der Waals surface area contributed by atoms with Crippen molar-refractivity contribution in [3.8, 4) is 5.69 Å². The second-order valence-corrected chi connectivity index (χ2v) is 3.39. The predicted octanol–water partition coefficient (Wildman–Crippen LogP) is 0.925. The van der Waals surface area contributed by atoms with E-state index < -0.39 is 18.2 Å². The maximum absolute atomic E-state index is 11.6. The quantitative estimate of drug-likeness (QED) is 0.624. The van der Waals surface area contributed by atoms with Crippen LogP contribution in [0.15, 0.2) is 36.7 Å². The van der Waals surface area contributed by atoms with Crippen molar-refractivity contribution >= 4 is 11.8 Å². The molecule has 0 spiro atoms. The molecular weight excluding hydrogens is 222 g/mol. The van der Waals surface area contributed by atoms with E-state index in [1.165, 1.54) is 10.9 Å². The number of carboxylic acid groups (broad SMARTS) is 1. The van der Waals surface area contributed by atoms with Crippen LogP contribution in [0.4, 0.5) is 0 Å². The topological polar surface area (TPSA) is 85.1 Å². The van der Waals surface area contributed by atoms with E-state index in [4.69, 9.17) is 5.11 Å². The van der Waals surface area contributed by atoms with Crippen LogP contribution in [-0.2, 0) is 4.79 Å². The van der Waals surface area contributed by atoms with Crippen molar-refractivity contribution < 1.29 is 14.7 Å². The summed E-state index contributed by atoms with van der Waals surface area (Å²) in [4.78, 5) is 22.0. The lowest BCUT2D eigenvalue weighted by atomic mass is 10.1. The lowest BCUT2D eigenvalue weighted by molar-refractivity contribution is -0.135. The minimum atomic E-state index is -1.14. The highest BCUT2D eigenvalue weighted by Gasteiger charge is 2.11. The van der Waals surface area contributed by atoms with E-state index in [0.29, 0.717) is 11.3 Å². The van der Waals surface area contributed by atoms with E-state index in [0.717, 1.165) is 0 Å². The fourth-order valence-electron chi connectivity index (χ4n) is 1.41. The number of aliphatic carboxylic acids is 1. The third-order valence-electron chi connectivity index (χ3n) is 2.17. The maximum Gasteiger partial charge on any atom is 0.311 e. The number of rotatable bonds is 4. The summed E-state index contributed by atoms with van der Waals surface area (Å²) in [6.45, 7) is 0. The van der Waals surface area contributed by atoms with Gasteiger partial charge in [0, 0.05) is 5.56 Å². The monoisotopic (exact) mass is 231 g/mol. The number of hydrogen-bond donors (Lipinski definition) is 1. The number of benzene rings is 1. The number of aromatic nitrogens is 3. The minimum Gasteiger partial charge on any atom is -0.481 e. The Hall–Kier alpha value is -2.50. The largest absolute Gasteiger partial charge is 0.481 e. The molecule has 1 aromatic carbocycles. The Kier molecular flexibility index (Phi) is 2.95. The summed E-state index contributed by atoms with van der Waals surface area (Å²) >= 11 is 0. The van der Waals surface area contributed by atoms with Crippen molar-refractivity contribution in [2.75, 3.05) is 0 Å². The highest BCUT2D eigenvalue weighted by molar-refractivity contribution is 6.05. The SMILES string of the molecule is O=C(O)CC(=O)c1cccc(-n2ccnn2)c1. The minimum absolute atomic E-state index is 0.348. The molecule has 17 heavy (non-hydrogen) atoms. The molecule has 0 fully saturated rings. The van der Waals surface area contributed by atoms with Gasteiger partial charge >= 0.3 is 5.97 Å². The molecule has 6 nitrogen and oxygen atoms in total. The first-order valence-electron chi connectivity index (χ1n) is 4.88. The molecule has 0 aliphatic heterocycles. The standard InChI is InChI=1S/C11H9N3O3/c15-10(7-11(16)17)8-2-1-3-9(6-8)14-5-4-12-13-14/h1-6H,7H2,(H,16,17). The Labute approximate surface area is 96.5 Å². The fraction of sp³-hybridized carbons (Fsp3) is 0.0909. The Morgan fingerprint density at radius 1 is 1.35 bits per heavy atom. The van der Waals surface area contributed by atoms with Gasteiger partial charge < -0.3 is 5.11 Å². The molecule has 0 aliphatic rings. The van der Waals surface area contributed by atoms with Crippen LogP contribution in [0.25, 0.3) is 5.69 Å². The molecular formula is C11H9N3O3. The second-order valence-electron chi connectivity index (χ2n) is 3.39. The maximum atomic E-state index is 11.6. The van der Waals surface area contributed by atoms with Crippen LogP contribution in [0.2, 0.25) is 0 Å². The first kappa shape index (κ1) is 11.0. The van der Waals surface area contributed by atoms with Crippen LogP contribution < -0.4 is 0 Å². The number of hydrogen-bond acceptors (Lipinski definition) is 4. The van der Waals surface area contributed by atoms with E-state index >= 15 is 0 Å². The van der Waals surface area contributed by atoms with Crippen molar-refractivity contribution in [3.63, 3.8) is 0 Å². The summed E-state index contributed by atoms with van der Waals surface area (Å²) in [5.41, 5.74) is 1.01. The van der Waals surface area contributed by atoms with E-state index in [1.54, 1.807) is 30.5 Å². The predicted molar refractivity (Wildman–Crippen MR) is 57.9 cm³/mol. The third kappa shape index (κ3) is 2.54. The molecule has 0 atom stereocenters. The van der Waals surface area contributed by atoms with Crippen molar-refractivity contribution in [3.05, 3.63) is 42.2 Å². The molecule has 0 unspecified atom stereocenters. The zero-order valence-corrected chi connectivity index (χ0v) is 8.78. The van der Waals surface area contributed by atoms with Gasteiger partial charge in [-0.2, -0.15) is 0 Å². The Morgan fingerprint density at radius 3 is 2.82 bits per heavy atom. The highest BCUT2D eigenvalue weighted by atomic mass is 16.4. The molecule has 86 valence electrons. The molecule has 1 aromatic heterocycles. The molecule has 1 heterocycles. The summed E-state index contributed by atoms with van der Waals surface area (Å²) in [6.07, 6.45) is 2.65.